The number of aliphatic carboxylic acids is 1. The van der Waals surface area contributed by atoms with E-state index in [2.05, 4.69) is 6.08 Å². The van der Waals surface area contributed by atoms with Gasteiger partial charge in [-0.05, 0) is 26.2 Å². The van der Waals surface area contributed by atoms with Crippen LogP contribution >= 0.6 is 0 Å². The van der Waals surface area contributed by atoms with Crippen molar-refractivity contribution >= 4 is 5.97 Å². The fourth-order valence-corrected chi connectivity index (χ4v) is 2.19. The Labute approximate surface area is 111 Å². The van der Waals surface area contributed by atoms with Gasteiger partial charge in [-0.3, -0.25) is 0 Å². The lowest BCUT2D eigenvalue weighted by molar-refractivity contribution is -0.895. The molecular formula is C14H27NO3. The molecule has 0 saturated carbocycles. The van der Waals surface area contributed by atoms with Gasteiger partial charge in [-0.25, -0.2) is 0 Å². The topological polar surface area (TPSA) is 60.4 Å². The van der Waals surface area contributed by atoms with Gasteiger partial charge in [0.1, 0.15) is 12.6 Å². The van der Waals surface area contributed by atoms with Crippen LogP contribution in [-0.2, 0) is 4.79 Å². The molecular weight excluding hydrogens is 230 g/mol. The van der Waals surface area contributed by atoms with Gasteiger partial charge in [0, 0.05) is 11.9 Å². The Bertz CT molecular complexity index is 274. The largest absolute Gasteiger partial charge is 0.550 e. The number of carbonyl (C=O) groups is 1. The Balaban J connectivity index is 4.02. The van der Waals surface area contributed by atoms with Gasteiger partial charge in [0.2, 0.25) is 0 Å². The molecule has 0 aliphatic carbocycles. The molecule has 4 nitrogen and oxygen atoms in total. The first-order valence-electron chi connectivity index (χ1n) is 6.60. The van der Waals surface area contributed by atoms with Gasteiger partial charge in [0.25, 0.3) is 0 Å². The van der Waals surface area contributed by atoms with E-state index in [9.17, 15) is 15.0 Å². The molecule has 0 spiro atoms. The highest BCUT2D eigenvalue weighted by atomic mass is 16.4. The number of allylic oxidation sites excluding steroid dienone is 2. The molecule has 0 radical (unpaired) electrons. The SMILES string of the molecule is C/C=C/CCCC(O)C[N+](C)(C)CC(C)C(=O)[O-]. The van der Waals surface area contributed by atoms with Crippen LogP contribution in [-0.4, -0.2) is 48.8 Å². The van der Waals surface area contributed by atoms with Gasteiger partial charge in [0.15, 0.2) is 0 Å². The molecule has 0 saturated heterocycles. The fourth-order valence-electron chi connectivity index (χ4n) is 2.19. The maximum atomic E-state index is 10.7. The number of aliphatic hydroxyl groups is 1. The molecule has 106 valence electrons. The summed E-state index contributed by atoms with van der Waals surface area (Å²) in [6.45, 7) is 4.69. The van der Waals surface area contributed by atoms with E-state index in [0.29, 0.717) is 17.6 Å². The van der Waals surface area contributed by atoms with Crippen LogP contribution in [0.3, 0.4) is 0 Å². The molecule has 0 aromatic rings. The predicted molar refractivity (Wildman–Crippen MR) is 70.7 cm³/mol. The molecule has 0 aliphatic rings. The molecule has 0 fully saturated rings. The summed E-state index contributed by atoms with van der Waals surface area (Å²) in [5.41, 5.74) is 0. The first-order valence-corrected chi connectivity index (χ1v) is 6.60. The van der Waals surface area contributed by atoms with Crippen LogP contribution in [0.4, 0.5) is 0 Å². The molecule has 0 aromatic carbocycles. The summed E-state index contributed by atoms with van der Waals surface area (Å²) < 4.78 is 0.500. The Morgan fingerprint density at radius 3 is 2.50 bits per heavy atom. The standard InChI is InChI=1S/C14H27NO3/c1-5-6-7-8-9-13(16)11-15(3,4)10-12(2)14(17)18/h5-6,12-13,16H,7-11H2,1-4H3/b6-5+. The van der Waals surface area contributed by atoms with Crippen molar-refractivity contribution in [2.75, 3.05) is 27.2 Å². The third-order valence-electron chi connectivity index (χ3n) is 3.02. The molecule has 2 atom stereocenters. The molecule has 0 bridgehead atoms. The highest BCUT2D eigenvalue weighted by Crippen LogP contribution is 2.10. The van der Waals surface area contributed by atoms with Crippen molar-refractivity contribution in [2.45, 2.75) is 39.2 Å². The number of unbranched alkanes of at least 4 members (excludes halogenated alkanes) is 1. The van der Waals surface area contributed by atoms with Crippen molar-refractivity contribution < 1.29 is 19.5 Å². The number of rotatable bonds is 9. The van der Waals surface area contributed by atoms with E-state index in [1.165, 1.54) is 0 Å². The second-order valence-electron chi connectivity index (χ2n) is 5.67. The maximum Gasteiger partial charge on any atom is 0.105 e. The summed E-state index contributed by atoms with van der Waals surface area (Å²) >= 11 is 0. The highest BCUT2D eigenvalue weighted by molar-refractivity contribution is 5.67. The van der Waals surface area contributed by atoms with Crippen molar-refractivity contribution in [1.82, 2.24) is 0 Å². The molecule has 1 N–H and O–H groups in total. The molecule has 0 rings (SSSR count). The smallest absolute Gasteiger partial charge is 0.105 e. The number of carbonyl (C=O) groups excluding carboxylic acids is 1. The van der Waals surface area contributed by atoms with E-state index >= 15 is 0 Å². The van der Waals surface area contributed by atoms with Gasteiger partial charge in [-0.1, -0.05) is 19.1 Å². The van der Waals surface area contributed by atoms with E-state index in [1.54, 1.807) is 6.92 Å². The first-order chi connectivity index (χ1) is 8.28. The lowest BCUT2D eigenvalue weighted by atomic mass is 10.1. The average molecular weight is 257 g/mol. The lowest BCUT2D eigenvalue weighted by Crippen LogP contribution is -2.50. The first kappa shape index (κ1) is 17.1. The quantitative estimate of drug-likeness (QED) is 0.373. The molecule has 2 unspecified atom stereocenters. The van der Waals surface area contributed by atoms with Crippen molar-refractivity contribution in [3.63, 3.8) is 0 Å². The van der Waals surface area contributed by atoms with Crippen molar-refractivity contribution in [3.8, 4) is 0 Å². The van der Waals surface area contributed by atoms with Gasteiger partial charge in [0.05, 0.1) is 20.6 Å². The Morgan fingerprint density at radius 1 is 1.39 bits per heavy atom. The number of nitrogens with zero attached hydrogens (tertiary/aromatic N) is 1. The molecule has 0 aliphatic heterocycles. The molecule has 0 aromatic heterocycles. The Hall–Kier alpha value is -0.870. The molecule has 0 amide bonds. The van der Waals surface area contributed by atoms with E-state index in [1.807, 2.05) is 27.1 Å². The van der Waals surface area contributed by atoms with Crippen LogP contribution in [0.1, 0.15) is 33.1 Å². The minimum Gasteiger partial charge on any atom is -0.550 e. The summed E-state index contributed by atoms with van der Waals surface area (Å²) in [5.74, 6) is -1.51. The van der Waals surface area contributed by atoms with Crippen LogP contribution in [0.2, 0.25) is 0 Å². The number of hydrogen-bond acceptors (Lipinski definition) is 3. The van der Waals surface area contributed by atoms with Gasteiger partial charge in [-0.2, -0.15) is 0 Å². The number of quaternary nitrogens is 1. The van der Waals surface area contributed by atoms with Gasteiger partial charge in [-0.15, -0.1) is 0 Å². The zero-order chi connectivity index (χ0) is 14.2. The third-order valence-corrected chi connectivity index (χ3v) is 3.02. The normalized spacial score (nSPS) is 15.8. The zero-order valence-electron chi connectivity index (χ0n) is 12.1. The minimum atomic E-state index is -1.02. The third kappa shape index (κ3) is 8.25. The van der Waals surface area contributed by atoms with E-state index in [-0.39, 0.29) is 6.10 Å². The number of carboxylic acid groups (broad SMARTS) is 1. The fraction of sp³-hybridized carbons (Fsp3) is 0.786. The van der Waals surface area contributed by atoms with Crippen molar-refractivity contribution in [1.29, 1.82) is 0 Å². The number of aliphatic hydroxyl groups excluding tert-OH is 1. The molecule has 18 heavy (non-hydrogen) atoms. The second kappa shape index (κ2) is 8.27. The van der Waals surface area contributed by atoms with Crippen LogP contribution < -0.4 is 5.11 Å². The highest BCUT2D eigenvalue weighted by Gasteiger charge is 2.23. The number of likely N-dealkylation sites (N-methyl/N-ethyl adjacent to an activating group) is 1. The predicted octanol–water partition coefficient (Wildman–Crippen LogP) is 0.556. The van der Waals surface area contributed by atoms with Crippen LogP contribution in [0.15, 0.2) is 12.2 Å². The summed E-state index contributed by atoms with van der Waals surface area (Å²) in [6, 6.07) is 0. The summed E-state index contributed by atoms with van der Waals surface area (Å²) in [5, 5.41) is 20.6. The summed E-state index contributed by atoms with van der Waals surface area (Å²) in [4.78, 5) is 10.7. The van der Waals surface area contributed by atoms with Crippen LogP contribution in [0.5, 0.6) is 0 Å². The van der Waals surface area contributed by atoms with Crippen LogP contribution in [0, 0.1) is 5.92 Å². The number of carboxylic acids is 1. The van der Waals surface area contributed by atoms with E-state index in [0.717, 1.165) is 19.3 Å². The summed E-state index contributed by atoms with van der Waals surface area (Å²) in [7, 11) is 3.88. The lowest BCUT2D eigenvalue weighted by Gasteiger charge is -2.34. The van der Waals surface area contributed by atoms with Crippen molar-refractivity contribution in [3.05, 3.63) is 12.2 Å². The average Bonchev–Trinajstić information content (AvgIpc) is 2.22. The second-order valence-corrected chi connectivity index (χ2v) is 5.67. The number of hydrogen-bond donors (Lipinski definition) is 1. The van der Waals surface area contributed by atoms with Crippen molar-refractivity contribution in [2.24, 2.45) is 5.92 Å². The molecule has 0 heterocycles. The minimum absolute atomic E-state index is 0.376. The Morgan fingerprint density at radius 2 is 2.00 bits per heavy atom. The zero-order valence-corrected chi connectivity index (χ0v) is 12.1. The Kier molecular flexibility index (Phi) is 7.87. The van der Waals surface area contributed by atoms with E-state index < -0.39 is 11.9 Å². The molecule has 4 heteroatoms. The van der Waals surface area contributed by atoms with E-state index in [4.69, 9.17) is 0 Å². The van der Waals surface area contributed by atoms with Gasteiger partial charge >= 0.3 is 0 Å². The van der Waals surface area contributed by atoms with Gasteiger partial charge < -0.3 is 19.5 Å². The maximum absolute atomic E-state index is 10.7. The summed E-state index contributed by atoms with van der Waals surface area (Å²) in [6.07, 6.45) is 6.42. The monoisotopic (exact) mass is 257 g/mol. The van der Waals surface area contributed by atoms with Crippen LogP contribution in [0.25, 0.3) is 0 Å².